The molecule has 1 unspecified atom stereocenters. The number of sulfone groups is 1. The highest BCUT2D eigenvalue weighted by atomic mass is 32.2. The molecule has 1 saturated heterocycles. The van der Waals surface area contributed by atoms with Gasteiger partial charge in [-0.15, -0.1) is 0 Å². The summed E-state index contributed by atoms with van der Waals surface area (Å²) in [4.78, 5) is 35.2. The van der Waals surface area contributed by atoms with Gasteiger partial charge in [-0.25, -0.2) is 13.4 Å². The number of amides is 1. The molecule has 178 valence electrons. The van der Waals surface area contributed by atoms with Crippen molar-refractivity contribution in [2.24, 2.45) is 5.92 Å². The number of fused-ring (bicyclic) bond motifs is 1. The largest absolute Gasteiger partial charge is 0.481 e. The maximum absolute atomic E-state index is 12.6. The third kappa shape index (κ3) is 5.17. The Bertz CT molecular complexity index is 1370. The van der Waals surface area contributed by atoms with Crippen LogP contribution in [-0.2, 0) is 21.2 Å². The summed E-state index contributed by atoms with van der Waals surface area (Å²) in [5, 5.41) is 13.0. The first-order valence-corrected chi connectivity index (χ1v) is 12.8. The zero-order valence-corrected chi connectivity index (χ0v) is 19.8. The second kappa shape index (κ2) is 9.38. The number of aromatic nitrogens is 2. The quantitative estimate of drug-likeness (QED) is 0.548. The van der Waals surface area contributed by atoms with Crippen LogP contribution in [0.2, 0.25) is 0 Å². The minimum atomic E-state index is -3.44. The summed E-state index contributed by atoms with van der Waals surface area (Å²) < 4.78 is 23.9. The fourth-order valence-corrected chi connectivity index (χ4v) is 5.11. The molecule has 1 fully saturated rings. The van der Waals surface area contributed by atoms with E-state index in [2.05, 4.69) is 10.3 Å². The first-order chi connectivity index (χ1) is 16.1. The van der Waals surface area contributed by atoms with E-state index in [0.29, 0.717) is 35.6 Å². The molecule has 0 aliphatic carbocycles. The Kier molecular flexibility index (Phi) is 6.52. The molecule has 0 saturated carbocycles. The summed E-state index contributed by atoms with van der Waals surface area (Å²) in [7, 11) is -3.44. The van der Waals surface area contributed by atoms with Crippen LogP contribution in [0.1, 0.15) is 34.5 Å². The zero-order valence-electron chi connectivity index (χ0n) is 19.0. The van der Waals surface area contributed by atoms with Crippen LogP contribution in [0.15, 0.2) is 47.5 Å². The Morgan fingerprint density at radius 1 is 1.21 bits per heavy atom. The number of benzene rings is 1. The van der Waals surface area contributed by atoms with Gasteiger partial charge in [0.2, 0.25) is 0 Å². The topological polar surface area (TPSA) is 130 Å². The highest BCUT2D eigenvalue weighted by Crippen LogP contribution is 2.24. The van der Waals surface area contributed by atoms with Crippen LogP contribution in [0.3, 0.4) is 0 Å². The lowest BCUT2D eigenvalue weighted by Gasteiger charge is -2.31. The number of carbonyl (C=O) groups is 2. The number of aliphatic carboxylic acids is 1. The van der Waals surface area contributed by atoms with Crippen molar-refractivity contribution in [2.75, 3.05) is 24.2 Å². The highest BCUT2D eigenvalue weighted by molar-refractivity contribution is 7.90. The number of piperidine rings is 1. The molecular weight excluding hydrogens is 456 g/mol. The van der Waals surface area contributed by atoms with Crippen LogP contribution in [0.5, 0.6) is 0 Å². The number of hydrogen-bond acceptors (Lipinski definition) is 7. The summed E-state index contributed by atoms with van der Waals surface area (Å²) in [5.74, 6) is -0.876. The monoisotopic (exact) mass is 482 g/mol. The Hall–Kier alpha value is -3.53. The molecule has 1 aliphatic rings. The minimum absolute atomic E-state index is 0.128. The van der Waals surface area contributed by atoms with Gasteiger partial charge >= 0.3 is 5.97 Å². The fourth-order valence-electron chi connectivity index (χ4n) is 4.12. The van der Waals surface area contributed by atoms with Crippen molar-refractivity contribution < 1.29 is 23.1 Å². The van der Waals surface area contributed by atoms with E-state index >= 15 is 0 Å². The Morgan fingerprint density at radius 2 is 2.00 bits per heavy atom. The van der Waals surface area contributed by atoms with Gasteiger partial charge in [0.1, 0.15) is 5.82 Å². The number of anilines is 1. The predicted molar refractivity (Wildman–Crippen MR) is 128 cm³/mol. The van der Waals surface area contributed by atoms with Gasteiger partial charge in [0.15, 0.2) is 9.84 Å². The van der Waals surface area contributed by atoms with Crippen molar-refractivity contribution in [1.29, 1.82) is 0 Å². The molecule has 34 heavy (non-hydrogen) atoms. The molecular formula is C24H26N4O5S. The number of aryl methyl sites for hydroxylation is 1. The number of pyridine rings is 2. The van der Waals surface area contributed by atoms with Crippen LogP contribution in [0, 0.1) is 12.8 Å². The van der Waals surface area contributed by atoms with Crippen LogP contribution in [0.25, 0.3) is 10.9 Å². The molecule has 9 nitrogen and oxygen atoms in total. The highest BCUT2D eigenvalue weighted by Gasteiger charge is 2.26. The molecule has 0 bridgehead atoms. The molecule has 0 radical (unpaired) electrons. The molecule has 1 amide bonds. The van der Waals surface area contributed by atoms with Crippen molar-refractivity contribution in [3.05, 3.63) is 59.4 Å². The number of nitrogens with zero attached hydrogens (tertiary/aromatic N) is 3. The lowest BCUT2D eigenvalue weighted by molar-refractivity contribution is -0.141. The number of nitrogens with one attached hydrogen (secondary N) is 1. The molecule has 2 N–H and O–H groups in total. The third-order valence-corrected chi connectivity index (χ3v) is 7.23. The molecule has 1 aromatic carbocycles. The van der Waals surface area contributed by atoms with Crippen molar-refractivity contribution >= 4 is 38.4 Å². The van der Waals surface area contributed by atoms with E-state index in [1.54, 1.807) is 31.3 Å². The van der Waals surface area contributed by atoms with E-state index in [9.17, 15) is 23.1 Å². The Morgan fingerprint density at radius 3 is 2.74 bits per heavy atom. The molecule has 3 aromatic rings. The predicted octanol–water partition coefficient (Wildman–Crippen LogP) is 2.57. The summed E-state index contributed by atoms with van der Waals surface area (Å²) in [6.45, 7) is 3.01. The maximum atomic E-state index is 12.6. The number of carboxylic acid groups (broad SMARTS) is 1. The third-order valence-electron chi connectivity index (χ3n) is 5.99. The zero-order chi connectivity index (χ0) is 24.5. The van der Waals surface area contributed by atoms with E-state index in [-0.39, 0.29) is 17.0 Å². The van der Waals surface area contributed by atoms with Crippen molar-refractivity contribution in [2.45, 2.75) is 31.2 Å². The summed E-state index contributed by atoms with van der Waals surface area (Å²) in [6.07, 6.45) is 4.25. The number of hydrogen-bond donors (Lipinski definition) is 2. The molecule has 4 rings (SSSR count). The molecule has 1 atom stereocenters. The smallest absolute Gasteiger partial charge is 0.308 e. The van der Waals surface area contributed by atoms with E-state index in [1.807, 2.05) is 17.0 Å². The fraction of sp³-hybridized carbons (Fsp3) is 0.333. The lowest BCUT2D eigenvalue weighted by atomic mass is 9.98. The first kappa shape index (κ1) is 23.6. The molecule has 1 aliphatic heterocycles. The van der Waals surface area contributed by atoms with Gasteiger partial charge < -0.3 is 15.3 Å². The number of rotatable bonds is 6. The van der Waals surface area contributed by atoms with Gasteiger partial charge in [0.25, 0.3) is 5.91 Å². The number of carbonyl (C=O) groups excluding carboxylic acids is 1. The Balaban J connectivity index is 1.50. The number of carboxylic acids is 1. The van der Waals surface area contributed by atoms with Crippen LogP contribution < -0.4 is 10.2 Å². The van der Waals surface area contributed by atoms with Crippen LogP contribution >= 0.6 is 0 Å². The van der Waals surface area contributed by atoms with E-state index in [4.69, 9.17) is 4.98 Å². The van der Waals surface area contributed by atoms with Gasteiger partial charge in [-0.3, -0.25) is 14.6 Å². The van der Waals surface area contributed by atoms with Gasteiger partial charge in [0.05, 0.1) is 28.6 Å². The van der Waals surface area contributed by atoms with E-state index < -0.39 is 27.6 Å². The van der Waals surface area contributed by atoms with Crippen molar-refractivity contribution in [3.63, 3.8) is 0 Å². The Labute approximate surface area is 197 Å². The standard InChI is InChI=1S/C24H26N4O5S/c1-15-5-6-16(10-21(15)34(2,32)33)23(29)26-13-19-11-20-17(12-25-19)7-8-22(27-20)28-9-3-4-18(14-28)24(30)31/h5-8,10-12,18H,3-4,9,13-14H2,1-2H3,(H,26,29)(H,30,31). The van der Waals surface area contributed by atoms with Gasteiger partial charge in [0, 0.05) is 36.5 Å². The van der Waals surface area contributed by atoms with E-state index in [0.717, 1.165) is 24.6 Å². The lowest BCUT2D eigenvalue weighted by Crippen LogP contribution is -2.39. The molecule has 0 spiro atoms. The SMILES string of the molecule is Cc1ccc(C(=O)NCc2cc3nc(N4CCCC(C(=O)O)C4)ccc3cn2)cc1S(C)(=O)=O. The molecule has 3 heterocycles. The van der Waals surface area contributed by atoms with Crippen LogP contribution in [-0.4, -0.2) is 54.7 Å². The van der Waals surface area contributed by atoms with Crippen molar-refractivity contribution in [3.8, 4) is 0 Å². The second-order valence-corrected chi connectivity index (χ2v) is 10.6. The maximum Gasteiger partial charge on any atom is 0.308 e. The summed E-state index contributed by atoms with van der Waals surface area (Å²) >= 11 is 0. The van der Waals surface area contributed by atoms with E-state index in [1.165, 1.54) is 6.07 Å². The summed E-state index contributed by atoms with van der Waals surface area (Å²) in [5.41, 5.74) is 2.14. The average Bonchev–Trinajstić information content (AvgIpc) is 2.81. The molecule has 10 heteroatoms. The minimum Gasteiger partial charge on any atom is -0.481 e. The van der Waals surface area contributed by atoms with Gasteiger partial charge in [-0.2, -0.15) is 0 Å². The van der Waals surface area contributed by atoms with Crippen LogP contribution in [0.4, 0.5) is 5.82 Å². The second-order valence-electron chi connectivity index (χ2n) is 8.60. The normalized spacial score (nSPS) is 16.4. The van der Waals surface area contributed by atoms with Gasteiger partial charge in [-0.05, 0) is 55.7 Å². The molecule has 2 aromatic heterocycles. The first-order valence-electron chi connectivity index (χ1n) is 10.9. The van der Waals surface area contributed by atoms with Gasteiger partial charge in [-0.1, -0.05) is 6.07 Å². The summed E-state index contributed by atoms with van der Waals surface area (Å²) in [6, 6.07) is 10.1. The van der Waals surface area contributed by atoms with Crippen molar-refractivity contribution in [1.82, 2.24) is 15.3 Å². The average molecular weight is 483 g/mol.